The van der Waals surface area contributed by atoms with Crippen LogP contribution in [0.4, 0.5) is 0 Å². The first kappa shape index (κ1) is 19.2. The van der Waals surface area contributed by atoms with Crippen molar-refractivity contribution in [3.8, 4) is 0 Å². The first-order chi connectivity index (χ1) is 11.0. The van der Waals surface area contributed by atoms with Gasteiger partial charge in [-0.1, -0.05) is 38.3 Å². The highest BCUT2D eigenvalue weighted by Crippen LogP contribution is 2.15. The standard InChI is InChI=1S/C19H28O4/c1-5-6-7-8-11-15(4)23-19(21)17-13-10-9-12-16(17)18(20)22-14(2)3/h9-10,12-15H,5-8,11H2,1-4H3. The molecule has 1 unspecified atom stereocenters. The average Bonchev–Trinajstić information content (AvgIpc) is 2.51. The van der Waals surface area contributed by atoms with Gasteiger partial charge in [-0.15, -0.1) is 0 Å². The molecule has 1 rings (SSSR count). The van der Waals surface area contributed by atoms with E-state index in [4.69, 9.17) is 9.47 Å². The third-order valence-corrected chi connectivity index (χ3v) is 3.48. The molecule has 4 nitrogen and oxygen atoms in total. The van der Waals surface area contributed by atoms with Gasteiger partial charge in [0.2, 0.25) is 0 Å². The predicted molar refractivity (Wildman–Crippen MR) is 90.6 cm³/mol. The van der Waals surface area contributed by atoms with Crippen LogP contribution in [0.15, 0.2) is 24.3 Å². The summed E-state index contributed by atoms with van der Waals surface area (Å²) >= 11 is 0. The number of carbonyl (C=O) groups is 2. The van der Waals surface area contributed by atoms with E-state index in [-0.39, 0.29) is 23.3 Å². The van der Waals surface area contributed by atoms with E-state index in [0.717, 1.165) is 19.3 Å². The number of carbonyl (C=O) groups excluding carboxylic acids is 2. The number of esters is 2. The summed E-state index contributed by atoms with van der Waals surface area (Å²) < 4.78 is 10.6. The number of unbranched alkanes of at least 4 members (excludes halogenated alkanes) is 3. The quantitative estimate of drug-likeness (QED) is 0.486. The van der Waals surface area contributed by atoms with Crippen LogP contribution in [0.2, 0.25) is 0 Å². The number of ether oxygens (including phenoxy) is 2. The Morgan fingerprint density at radius 3 is 2.00 bits per heavy atom. The van der Waals surface area contributed by atoms with E-state index in [1.807, 2.05) is 6.92 Å². The first-order valence-electron chi connectivity index (χ1n) is 8.46. The Labute approximate surface area is 139 Å². The molecule has 0 aliphatic carbocycles. The molecule has 0 saturated heterocycles. The molecular weight excluding hydrogens is 292 g/mol. The Hall–Kier alpha value is -1.84. The maximum atomic E-state index is 12.3. The number of hydrogen-bond acceptors (Lipinski definition) is 4. The van der Waals surface area contributed by atoms with Crippen molar-refractivity contribution in [2.45, 2.75) is 72.0 Å². The van der Waals surface area contributed by atoms with Gasteiger partial charge in [0.05, 0.1) is 23.3 Å². The molecule has 0 radical (unpaired) electrons. The Kier molecular flexibility index (Phi) is 8.38. The zero-order valence-corrected chi connectivity index (χ0v) is 14.6. The van der Waals surface area contributed by atoms with Crippen LogP contribution >= 0.6 is 0 Å². The van der Waals surface area contributed by atoms with Crippen LogP contribution in [0, 0.1) is 0 Å². The lowest BCUT2D eigenvalue weighted by Gasteiger charge is -2.15. The molecule has 0 heterocycles. The highest BCUT2D eigenvalue weighted by molar-refractivity contribution is 6.03. The first-order valence-corrected chi connectivity index (χ1v) is 8.46. The molecule has 4 heteroatoms. The molecule has 0 aliphatic rings. The molecule has 0 saturated carbocycles. The van der Waals surface area contributed by atoms with Crippen LogP contribution in [0.5, 0.6) is 0 Å². The summed E-state index contributed by atoms with van der Waals surface area (Å²) in [6, 6.07) is 6.62. The molecule has 23 heavy (non-hydrogen) atoms. The third-order valence-electron chi connectivity index (χ3n) is 3.48. The van der Waals surface area contributed by atoms with E-state index in [2.05, 4.69) is 6.92 Å². The van der Waals surface area contributed by atoms with Crippen molar-refractivity contribution in [3.63, 3.8) is 0 Å². The molecule has 0 bridgehead atoms. The Morgan fingerprint density at radius 1 is 0.913 bits per heavy atom. The van der Waals surface area contributed by atoms with Crippen LogP contribution < -0.4 is 0 Å². The Balaban J connectivity index is 2.67. The minimum absolute atomic E-state index is 0.159. The van der Waals surface area contributed by atoms with E-state index in [1.54, 1.807) is 38.1 Å². The van der Waals surface area contributed by atoms with Gasteiger partial charge in [-0.05, 0) is 45.7 Å². The van der Waals surface area contributed by atoms with E-state index in [0.29, 0.717) is 0 Å². The summed E-state index contributed by atoms with van der Waals surface area (Å²) in [6.45, 7) is 7.60. The van der Waals surface area contributed by atoms with Gasteiger partial charge in [0, 0.05) is 0 Å². The molecule has 0 spiro atoms. The van der Waals surface area contributed by atoms with Crippen LogP contribution in [0.1, 0.15) is 80.5 Å². The van der Waals surface area contributed by atoms with Gasteiger partial charge in [-0.3, -0.25) is 0 Å². The molecule has 128 valence electrons. The molecule has 0 aliphatic heterocycles. The minimum Gasteiger partial charge on any atom is -0.459 e. The predicted octanol–water partition coefficient (Wildman–Crippen LogP) is 4.77. The zero-order chi connectivity index (χ0) is 17.2. The van der Waals surface area contributed by atoms with Crippen molar-refractivity contribution in [3.05, 3.63) is 35.4 Å². The molecule has 0 aromatic heterocycles. The number of hydrogen-bond donors (Lipinski definition) is 0. The highest BCUT2D eigenvalue weighted by Gasteiger charge is 2.21. The lowest BCUT2D eigenvalue weighted by atomic mass is 10.1. The molecule has 1 aromatic rings. The van der Waals surface area contributed by atoms with Crippen molar-refractivity contribution >= 4 is 11.9 Å². The van der Waals surface area contributed by atoms with Crippen LogP contribution in [-0.4, -0.2) is 24.1 Å². The van der Waals surface area contributed by atoms with E-state index in [1.165, 1.54) is 12.8 Å². The second kappa shape index (κ2) is 10.0. The average molecular weight is 320 g/mol. The summed E-state index contributed by atoms with van der Waals surface area (Å²) in [4.78, 5) is 24.4. The van der Waals surface area contributed by atoms with E-state index < -0.39 is 11.9 Å². The number of benzene rings is 1. The fraction of sp³-hybridized carbons (Fsp3) is 0.579. The van der Waals surface area contributed by atoms with Crippen molar-refractivity contribution in [1.29, 1.82) is 0 Å². The van der Waals surface area contributed by atoms with Crippen LogP contribution in [0.25, 0.3) is 0 Å². The van der Waals surface area contributed by atoms with Gasteiger partial charge >= 0.3 is 11.9 Å². The Bertz CT molecular complexity index is 508. The summed E-state index contributed by atoms with van der Waals surface area (Å²) in [6.07, 6.45) is 5.02. The van der Waals surface area contributed by atoms with Gasteiger partial charge in [0.1, 0.15) is 0 Å². The van der Waals surface area contributed by atoms with Gasteiger partial charge in [-0.2, -0.15) is 0 Å². The number of rotatable bonds is 9. The van der Waals surface area contributed by atoms with Crippen molar-refractivity contribution in [1.82, 2.24) is 0 Å². The molecule has 0 N–H and O–H groups in total. The SMILES string of the molecule is CCCCCCC(C)OC(=O)c1ccccc1C(=O)OC(C)C. The molecule has 1 aromatic carbocycles. The topological polar surface area (TPSA) is 52.6 Å². The van der Waals surface area contributed by atoms with Gasteiger partial charge in [0.25, 0.3) is 0 Å². The van der Waals surface area contributed by atoms with Crippen molar-refractivity contribution in [2.75, 3.05) is 0 Å². The normalized spacial score (nSPS) is 12.0. The zero-order valence-electron chi connectivity index (χ0n) is 14.6. The lowest BCUT2D eigenvalue weighted by molar-refractivity contribution is 0.0291. The smallest absolute Gasteiger partial charge is 0.339 e. The summed E-state index contributed by atoms with van der Waals surface area (Å²) in [7, 11) is 0. The van der Waals surface area contributed by atoms with Crippen molar-refractivity contribution < 1.29 is 19.1 Å². The fourth-order valence-electron chi connectivity index (χ4n) is 2.28. The second-order valence-corrected chi connectivity index (χ2v) is 6.06. The van der Waals surface area contributed by atoms with Gasteiger partial charge in [-0.25, -0.2) is 9.59 Å². The van der Waals surface area contributed by atoms with Crippen LogP contribution in [-0.2, 0) is 9.47 Å². The van der Waals surface area contributed by atoms with Crippen LogP contribution in [0.3, 0.4) is 0 Å². The third kappa shape index (κ3) is 6.85. The maximum absolute atomic E-state index is 12.3. The summed E-state index contributed by atoms with van der Waals surface area (Å²) in [5, 5.41) is 0. The van der Waals surface area contributed by atoms with E-state index >= 15 is 0 Å². The fourth-order valence-corrected chi connectivity index (χ4v) is 2.28. The maximum Gasteiger partial charge on any atom is 0.339 e. The molecule has 0 fully saturated rings. The van der Waals surface area contributed by atoms with Gasteiger partial charge < -0.3 is 9.47 Å². The largest absolute Gasteiger partial charge is 0.459 e. The molecule has 1 atom stereocenters. The second-order valence-electron chi connectivity index (χ2n) is 6.06. The minimum atomic E-state index is -0.497. The Morgan fingerprint density at radius 2 is 1.48 bits per heavy atom. The molecular formula is C19H28O4. The monoisotopic (exact) mass is 320 g/mol. The summed E-state index contributed by atoms with van der Waals surface area (Å²) in [5.41, 5.74) is 0.517. The summed E-state index contributed by atoms with van der Waals surface area (Å²) in [5.74, 6) is -0.965. The lowest BCUT2D eigenvalue weighted by Crippen LogP contribution is -2.20. The highest BCUT2D eigenvalue weighted by atomic mass is 16.5. The molecule has 0 amide bonds. The van der Waals surface area contributed by atoms with E-state index in [9.17, 15) is 9.59 Å². The van der Waals surface area contributed by atoms with Gasteiger partial charge in [0.15, 0.2) is 0 Å². The van der Waals surface area contributed by atoms with Crippen molar-refractivity contribution in [2.24, 2.45) is 0 Å².